The number of piperidine rings is 1. The summed E-state index contributed by atoms with van der Waals surface area (Å²) in [6.45, 7) is 7.55. The highest BCUT2D eigenvalue weighted by Gasteiger charge is 2.12. The van der Waals surface area contributed by atoms with Gasteiger partial charge in [-0.25, -0.2) is 0 Å². The van der Waals surface area contributed by atoms with Crippen LogP contribution in [-0.2, 0) is 0 Å². The van der Waals surface area contributed by atoms with Gasteiger partial charge >= 0.3 is 0 Å². The third-order valence-electron chi connectivity index (χ3n) is 2.62. The number of likely N-dealkylation sites (tertiary alicyclic amines) is 1. The summed E-state index contributed by atoms with van der Waals surface area (Å²) < 4.78 is 0. The van der Waals surface area contributed by atoms with E-state index >= 15 is 0 Å². The molecule has 0 saturated carbocycles. The molecule has 82 valence electrons. The minimum Gasteiger partial charge on any atom is -0.370 e. The van der Waals surface area contributed by atoms with Crippen molar-refractivity contribution in [3.8, 4) is 0 Å². The predicted octanol–water partition coefficient (Wildman–Crippen LogP) is 2.60. The van der Waals surface area contributed by atoms with Crippen molar-refractivity contribution in [1.82, 2.24) is 4.90 Å². The average Bonchev–Trinajstić information content (AvgIpc) is 2.26. The second-order valence-corrected chi connectivity index (χ2v) is 3.96. The van der Waals surface area contributed by atoms with Crippen molar-refractivity contribution >= 4 is 11.9 Å². The lowest BCUT2D eigenvalue weighted by Gasteiger charge is -2.29. The van der Waals surface area contributed by atoms with Crippen LogP contribution < -0.4 is 0 Å². The van der Waals surface area contributed by atoms with Gasteiger partial charge in [-0.2, -0.15) is 0 Å². The van der Waals surface area contributed by atoms with Crippen LogP contribution in [0.15, 0.2) is 23.9 Å². The molecule has 0 unspecified atom stereocenters. The molecule has 0 aromatic rings. The summed E-state index contributed by atoms with van der Waals surface area (Å²) in [7, 11) is 0. The molecule has 15 heavy (non-hydrogen) atoms. The van der Waals surface area contributed by atoms with Crippen LogP contribution in [0.3, 0.4) is 0 Å². The fourth-order valence-electron chi connectivity index (χ4n) is 1.65. The Bertz CT molecular complexity index is 296. The fourth-order valence-corrected chi connectivity index (χ4v) is 1.65. The molecule has 0 bridgehead atoms. The second-order valence-electron chi connectivity index (χ2n) is 3.96. The first-order valence-electron chi connectivity index (χ1n) is 5.36. The number of hydrogen-bond acceptors (Lipinski definition) is 3. The Balaban J connectivity index is 2.72. The zero-order valence-corrected chi connectivity index (χ0v) is 9.34. The van der Waals surface area contributed by atoms with E-state index in [1.807, 2.05) is 6.92 Å². The van der Waals surface area contributed by atoms with Crippen LogP contribution in [0.25, 0.3) is 0 Å². The molecular formula is C12H19N3. The van der Waals surface area contributed by atoms with Gasteiger partial charge in [0.1, 0.15) is 0 Å². The molecule has 0 radical (unpaired) electrons. The molecular weight excluding hydrogens is 186 g/mol. The SMILES string of the molecule is C=C(C)C(=N)/C=C(\C=N)N1CCCCC1. The van der Waals surface area contributed by atoms with Gasteiger partial charge in [0.25, 0.3) is 0 Å². The molecule has 3 nitrogen and oxygen atoms in total. The molecule has 1 aliphatic rings. The summed E-state index contributed by atoms with van der Waals surface area (Å²) in [6.07, 6.45) is 6.72. The van der Waals surface area contributed by atoms with E-state index in [1.165, 1.54) is 25.5 Å². The maximum absolute atomic E-state index is 7.69. The Hall–Kier alpha value is -1.38. The van der Waals surface area contributed by atoms with E-state index in [9.17, 15) is 0 Å². The van der Waals surface area contributed by atoms with E-state index in [0.29, 0.717) is 5.71 Å². The Morgan fingerprint density at radius 1 is 1.27 bits per heavy atom. The number of hydrogen-bond donors (Lipinski definition) is 2. The van der Waals surface area contributed by atoms with Crippen LogP contribution in [0, 0.1) is 10.8 Å². The Kier molecular flexibility index (Phi) is 4.28. The van der Waals surface area contributed by atoms with Crippen molar-refractivity contribution in [2.24, 2.45) is 0 Å². The average molecular weight is 205 g/mol. The fraction of sp³-hybridized carbons (Fsp3) is 0.500. The quantitative estimate of drug-likeness (QED) is 0.681. The molecule has 0 atom stereocenters. The van der Waals surface area contributed by atoms with Crippen molar-refractivity contribution in [2.45, 2.75) is 26.2 Å². The Morgan fingerprint density at radius 3 is 2.33 bits per heavy atom. The minimum absolute atomic E-state index is 0.416. The largest absolute Gasteiger partial charge is 0.370 e. The van der Waals surface area contributed by atoms with Crippen molar-refractivity contribution < 1.29 is 0 Å². The third kappa shape index (κ3) is 3.35. The van der Waals surface area contributed by atoms with E-state index in [0.717, 1.165) is 24.4 Å². The standard InChI is InChI=1S/C12H19N3/c1-10(2)12(14)8-11(9-13)15-6-4-3-5-7-15/h8-9,13-14H,1,3-7H2,2H3/b11-8+,13-9?,14-12?. The zero-order valence-electron chi connectivity index (χ0n) is 9.34. The van der Waals surface area contributed by atoms with Crippen LogP contribution in [0.5, 0.6) is 0 Å². The third-order valence-corrected chi connectivity index (χ3v) is 2.62. The molecule has 0 aromatic carbocycles. The van der Waals surface area contributed by atoms with Crippen molar-refractivity contribution in [1.29, 1.82) is 10.8 Å². The highest BCUT2D eigenvalue weighted by Crippen LogP contribution is 2.13. The Morgan fingerprint density at radius 2 is 1.87 bits per heavy atom. The van der Waals surface area contributed by atoms with Gasteiger partial charge in [-0.1, -0.05) is 6.58 Å². The van der Waals surface area contributed by atoms with Crippen LogP contribution in [0.1, 0.15) is 26.2 Å². The maximum Gasteiger partial charge on any atom is 0.0584 e. The number of nitrogens with zero attached hydrogens (tertiary/aromatic N) is 1. The molecule has 1 fully saturated rings. The van der Waals surface area contributed by atoms with Crippen molar-refractivity contribution in [3.63, 3.8) is 0 Å². The van der Waals surface area contributed by atoms with Crippen LogP contribution >= 0.6 is 0 Å². The summed E-state index contributed by atoms with van der Waals surface area (Å²) in [5.41, 5.74) is 1.99. The zero-order chi connectivity index (χ0) is 11.3. The lowest BCUT2D eigenvalue weighted by Crippen LogP contribution is -2.30. The highest BCUT2D eigenvalue weighted by molar-refractivity contribution is 6.07. The van der Waals surface area contributed by atoms with Gasteiger partial charge < -0.3 is 15.7 Å². The van der Waals surface area contributed by atoms with Crippen LogP contribution in [0.2, 0.25) is 0 Å². The lowest BCUT2D eigenvalue weighted by molar-refractivity contribution is 0.299. The molecule has 1 heterocycles. The highest BCUT2D eigenvalue weighted by atomic mass is 15.1. The van der Waals surface area contributed by atoms with Crippen molar-refractivity contribution in [3.05, 3.63) is 23.9 Å². The number of allylic oxidation sites excluding steroid dienone is 3. The molecule has 0 amide bonds. The summed E-state index contributed by atoms with van der Waals surface area (Å²) in [4.78, 5) is 2.17. The monoisotopic (exact) mass is 205 g/mol. The van der Waals surface area contributed by atoms with Crippen molar-refractivity contribution in [2.75, 3.05) is 13.1 Å². The van der Waals surface area contributed by atoms with Gasteiger partial charge in [0.05, 0.1) is 11.4 Å². The molecule has 3 heteroatoms. The molecule has 1 aliphatic heterocycles. The summed E-state index contributed by atoms with van der Waals surface area (Å²) >= 11 is 0. The smallest absolute Gasteiger partial charge is 0.0584 e. The summed E-state index contributed by atoms with van der Waals surface area (Å²) in [5.74, 6) is 0. The second kappa shape index (κ2) is 5.49. The van der Waals surface area contributed by atoms with Gasteiger partial charge in [-0.15, -0.1) is 0 Å². The van der Waals surface area contributed by atoms with E-state index in [2.05, 4.69) is 11.5 Å². The van der Waals surface area contributed by atoms with Gasteiger partial charge in [0, 0.05) is 19.3 Å². The normalized spacial score (nSPS) is 17.4. The first-order valence-corrected chi connectivity index (χ1v) is 5.36. The lowest BCUT2D eigenvalue weighted by atomic mass is 10.1. The van der Waals surface area contributed by atoms with Gasteiger partial charge in [-0.3, -0.25) is 0 Å². The van der Waals surface area contributed by atoms with Crippen LogP contribution in [0.4, 0.5) is 0 Å². The number of nitrogens with one attached hydrogen (secondary N) is 2. The van der Waals surface area contributed by atoms with Gasteiger partial charge in [-0.05, 0) is 37.8 Å². The van der Waals surface area contributed by atoms with E-state index in [-0.39, 0.29) is 0 Å². The van der Waals surface area contributed by atoms with E-state index < -0.39 is 0 Å². The van der Waals surface area contributed by atoms with Crippen LogP contribution in [-0.4, -0.2) is 29.9 Å². The van der Waals surface area contributed by atoms with Gasteiger partial charge in [0.2, 0.25) is 0 Å². The number of rotatable bonds is 4. The van der Waals surface area contributed by atoms with Gasteiger partial charge in [0.15, 0.2) is 0 Å². The molecule has 1 saturated heterocycles. The minimum atomic E-state index is 0.416. The maximum atomic E-state index is 7.69. The molecule has 0 aliphatic carbocycles. The molecule has 0 aromatic heterocycles. The van der Waals surface area contributed by atoms with E-state index in [1.54, 1.807) is 6.08 Å². The Labute approximate surface area is 91.5 Å². The van der Waals surface area contributed by atoms with E-state index in [4.69, 9.17) is 10.8 Å². The molecule has 1 rings (SSSR count). The molecule has 0 spiro atoms. The first kappa shape index (κ1) is 11.7. The topological polar surface area (TPSA) is 50.9 Å². The summed E-state index contributed by atoms with van der Waals surface area (Å²) in [6, 6.07) is 0. The predicted molar refractivity (Wildman–Crippen MR) is 64.8 cm³/mol. The first-order chi connectivity index (χ1) is 7.15. The molecule has 2 N–H and O–H groups in total. The summed E-state index contributed by atoms with van der Waals surface area (Å²) in [5, 5.41) is 15.1.